The topological polar surface area (TPSA) is 49.4 Å². The first-order valence-electron chi connectivity index (χ1n) is 7.32. The summed E-state index contributed by atoms with van der Waals surface area (Å²) in [5, 5.41) is -0.300. The largest absolute Gasteiger partial charge is 0.302 e. The van der Waals surface area contributed by atoms with E-state index in [9.17, 15) is 8.42 Å². The van der Waals surface area contributed by atoms with Crippen LogP contribution in [0.5, 0.6) is 0 Å². The Morgan fingerprint density at radius 1 is 1.20 bits per heavy atom. The number of hydrogen-bond acceptors (Lipinski definition) is 3. The SMILES string of the molecule is CN(CCNS(=O)(=O)C1Cc2ccccc2C1)C1CC1. The zero-order chi connectivity index (χ0) is 14.2. The zero-order valence-corrected chi connectivity index (χ0v) is 12.7. The first-order chi connectivity index (χ1) is 9.56. The second kappa shape index (κ2) is 5.47. The van der Waals surface area contributed by atoms with E-state index in [2.05, 4.69) is 16.7 Å². The molecule has 2 aliphatic rings. The van der Waals surface area contributed by atoms with Gasteiger partial charge in [0.1, 0.15) is 0 Å². The lowest BCUT2D eigenvalue weighted by atomic mass is 10.1. The predicted octanol–water partition coefficient (Wildman–Crippen LogP) is 1.17. The number of fused-ring (bicyclic) bond motifs is 1. The fourth-order valence-corrected chi connectivity index (χ4v) is 4.33. The molecule has 3 rings (SSSR count). The summed E-state index contributed by atoms with van der Waals surface area (Å²) in [4.78, 5) is 2.24. The maximum atomic E-state index is 12.3. The van der Waals surface area contributed by atoms with Crippen LogP contribution >= 0.6 is 0 Å². The lowest BCUT2D eigenvalue weighted by Crippen LogP contribution is -2.39. The van der Waals surface area contributed by atoms with Crippen molar-refractivity contribution in [3.63, 3.8) is 0 Å². The molecular weight excluding hydrogens is 272 g/mol. The number of likely N-dealkylation sites (N-methyl/N-ethyl adjacent to an activating group) is 1. The van der Waals surface area contributed by atoms with E-state index in [1.54, 1.807) is 0 Å². The predicted molar refractivity (Wildman–Crippen MR) is 80.2 cm³/mol. The Morgan fingerprint density at radius 3 is 2.35 bits per heavy atom. The summed E-state index contributed by atoms with van der Waals surface area (Å²) < 4.78 is 27.5. The summed E-state index contributed by atoms with van der Waals surface area (Å²) in [6, 6.07) is 8.70. The van der Waals surface area contributed by atoms with E-state index >= 15 is 0 Å². The van der Waals surface area contributed by atoms with Crippen molar-refractivity contribution in [1.29, 1.82) is 0 Å². The summed E-state index contributed by atoms with van der Waals surface area (Å²) in [5.41, 5.74) is 2.36. The molecule has 1 N–H and O–H groups in total. The van der Waals surface area contributed by atoms with Crippen molar-refractivity contribution in [2.75, 3.05) is 20.1 Å². The van der Waals surface area contributed by atoms with E-state index in [-0.39, 0.29) is 5.25 Å². The minimum atomic E-state index is -3.21. The molecule has 0 saturated heterocycles. The Balaban J connectivity index is 1.54. The molecule has 4 nitrogen and oxygen atoms in total. The van der Waals surface area contributed by atoms with Crippen LogP contribution in [0.1, 0.15) is 24.0 Å². The molecule has 110 valence electrons. The van der Waals surface area contributed by atoms with Gasteiger partial charge < -0.3 is 4.90 Å². The van der Waals surface area contributed by atoms with Crippen LogP contribution in [0, 0.1) is 0 Å². The van der Waals surface area contributed by atoms with E-state index in [4.69, 9.17) is 0 Å². The summed E-state index contributed by atoms with van der Waals surface area (Å²) in [6.07, 6.45) is 3.79. The van der Waals surface area contributed by atoms with Gasteiger partial charge in [-0.05, 0) is 43.9 Å². The van der Waals surface area contributed by atoms with Crippen LogP contribution in [-0.2, 0) is 22.9 Å². The van der Waals surface area contributed by atoms with Gasteiger partial charge in [0.2, 0.25) is 10.0 Å². The molecule has 0 aliphatic heterocycles. The first-order valence-corrected chi connectivity index (χ1v) is 8.86. The van der Waals surface area contributed by atoms with Crippen LogP contribution in [0.3, 0.4) is 0 Å². The van der Waals surface area contributed by atoms with Crippen LogP contribution in [-0.4, -0.2) is 44.7 Å². The van der Waals surface area contributed by atoms with Crippen molar-refractivity contribution in [2.45, 2.75) is 37.0 Å². The molecule has 1 aromatic carbocycles. The lowest BCUT2D eigenvalue weighted by molar-refractivity contribution is 0.329. The summed E-state index contributed by atoms with van der Waals surface area (Å²) in [6.45, 7) is 1.31. The quantitative estimate of drug-likeness (QED) is 0.857. The van der Waals surface area contributed by atoms with Gasteiger partial charge in [0.25, 0.3) is 0 Å². The Hall–Kier alpha value is -0.910. The normalized spacial score (nSPS) is 19.5. The van der Waals surface area contributed by atoms with Crippen LogP contribution in [0.4, 0.5) is 0 Å². The van der Waals surface area contributed by atoms with Gasteiger partial charge in [0.05, 0.1) is 5.25 Å². The summed E-state index contributed by atoms with van der Waals surface area (Å²) >= 11 is 0. The minimum Gasteiger partial charge on any atom is -0.302 e. The van der Waals surface area contributed by atoms with Crippen LogP contribution in [0.25, 0.3) is 0 Å². The Labute approximate surface area is 121 Å². The number of benzene rings is 1. The molecule has 1 aromatic rings. The van der Waals surface area contributed by atoms with E-state index in [0.29, 0.717) is 25.4 Å². The van der Waals surface area contributed by atoms with Crippen LogP contribution in [0.15, 0.2) is 24.3 Å². The van der Waals surface area contributed by atoms with Crippen molar-refractivity contribution in [3.8, 4) is 0 Å². The molecule has 1 saturated carbocycles. The highest BCUT2D eigenvalue weighted by atomic mass is 32.2. The number of nitrogens with one attached hydrogen (secondary N) is 1. The van der Waals surface area contributed by atoms with Gasteiger partial charge in [-0.3, -0.25) is 0 Å². The molecule has 2 aliphatic carbocycles. The molecule has 0 aromatic heterocycles. The molecule has 5 heteroatoms. The fourth-order valence-electron chi connectivity index (χ4n) is 2.92. The highest BCUT2D eigenvalue weighted by molar-refractivity contribution is 7.90. The minimum absolute atomic E-state index is 0.300. The Kier molecular flexibility index (Phi) is 3.84. The molecular formula is C15H22N2O2S. The number of sulfonamides is 1. The van der Waals surface area contributed by atoms with Crippen molar-refractivity contribution < 1.29 is 8.42 Å². The molecule has 0 atom stereocenters. The smallest absolute Gasteiger partial charge is 0.215 e. The first kappa shape index (κ1) is 14.0. The van der Waals surface area contributed by atoms with Crippen molar-refractivity contribution >= 4 is 10.0 Å². The van der Waals surface area contributed by atoms with Gasteiger partial charge in [-0.25, -0.2) is 13.1 Å². The number of nitrogens with zero attached hydrogens (tertiary/aromatic N) is 1. The van der Waals surface area contributed by atoms with E-state index in [0.717, 1.165) is 6.54 Å². The standard InChI is InChI=1S/C15H22N2O2S/c1-17(14-6-7-14)9-8-16-20(18,19)15-10-12-4-2-3-5-13(12)11-15/h2-5,14-16H,6-11H2,1H3. The zero-order valence-electron chi connectivity index (χ0n) is 11.9. The molecule has 20 heavy (non-hydrogen) atoms. The summed E-state index contributed by atoms with van der Waals surface area (Å²) in [7, 11) is -1.14. The van der Waals surface area contributed by atoms with E-state index in [1.165, 1.54) is 24.0 Å². The number of rotatable bonds is 6. The molecule has 1 fully saturated rings. The average molecular weight is 294 g/mol. The van der Waals surface area contributed by atoms with Gasteiger partial charge in [0, 0.05) is 19.1 Å². The van der Waals surface area contributed by atoms with Crippen LogP contribution < -0.4 is 4.72 Å². The second-order valence-corrected chi connectivity index (χ2v) is 8.00. The molecule has 0 radical (unpaired) electrons. The third kappa shape index (κ3) is 3.05. The molecule has 0 amide bonds. The fraction of sp³-hybridized carbons (Fsp3) is 0.600. The van der Waals surface area contributed by atoms with E-state index in [1.807, 2.05) is 24.3 Å². The van der Waals surface area contributed by atoms with Crippen molar-refractivity contribution in [3.05, 3.63) is 35.4 Å². The van der Waals surface area contributed by atoms with Crippen molar-refractivity contribution in [2.24, 2.45) is 0 Å². The highest BCUT2D eigenvalue weighted by Crippen LogP contribution is 2.26. The van der Waals surface area contributed by atoms with Gasteiger partial charge in [-0.1, -0.05) is 24.3 Å². The molecule has 0 bridgehead atoms. The number of hydrogen-bond donors (Lipinski definition) is 1. The van der Waals surface area contributed by atoms with Gasteiger partial charge >= 0.3 is 0 Å². The molecule has 0 heterocycles. The Bertz CT molecular complexity index is 556. The van der Waals surface area contributed by atoms with Gasteiger partial charge in [-0.15, -0.1) is 0 Å². The van der Waals surface area contributed by atoms with Gasteiger partial charge in [0.15, 0.2) is 0 Å². The maximum absolute atomic E-state index is 12.3. The second-order valence-electron chi connectivity index (χ2n) is 5.95. The lowest BCUT2D eigenvalue weighted by Gasteiger charge is -2.17. The van der Waals surface area contributed by atoms with Gasteiger partial charge in [-0.2, -0.15) is 0 Å². The third-order valence-electron chi connectivity index (χ3n) is 4.39. The highest BCUT2D eigenvalue weighted by Gasteiger charge is 2.32. The van der Waals surface area contributed by atoms with Crippen LogP contribution in [0.2, 0.25) is 0 Å². The maximum Gasteiger partial charge on any atom is 0.215 e. The Morgan fingerprint density at radius 2 is 1.80 bits per heavy atom. The summed E-state index contributed by atoms with van der Waals surface area (Å²) in [5.74, 6) is 0. The van der Waals surface area contributed by atoms with E-state index < -0.39 is 10.0 Å². The molecule has 0 spiro atoms. The third-order valence-corrected chi connectivity index (χ3v) is 6.21. The monoisotopic (exact) mass is 294 g/mol. The molecule has 0 unspecified atom stereocenters. The average Bonchev–Trinajstić information content (AvgIpc) is 3.17. The van der Waals surface area contributed by atoms with Crippen molar-refractivity contribution in [1.82, 2.24) is 9.62 Å².